The van der Waals surface area contributed by atoms with Gasteiger partial charge in [0.05, 0.1) is 19.8 Å². The number of hydrogen-bond donors (Lipinski definition) is 3. The number of hydrogen-bond acceptors (Lipinski definition) is 3. The van der Waals surface area contributed by atoms with Gasteiger partial charge in [-0.15, -0.1) is 11.3 Å². The maximum Gasteiger partial charge on any atom is 0.127 e. The summed E-state index contributed by atoms with van der Waals surface area (Å²) in [7, 11) is 0. The summed E-state index contributed by atoms with van der Waals surface area (Å²) in [6, 6.07) is 4.10. The van der Waals surface area contributed by atoms with Crippen LogP contribution in [0.2, 0.25) is 0 Å². The topological polar surface area (TPSA) is 38.3 Å². The van der Waals surface area contributed by atoms with E-state index in [2.05, 4.69) is 18.4 Å². The van der Waals surface area contributed by atoms with Crippen molar-refractivity contribution in [1.29, 1.82) is 0 Å². The summed E-state index contributed by atoms with van der Waals surface area (Å²) in [5.41, 5.74) is 0. The highest BCUT2D eigenvalue weighted by molar-refractivity contribution is 7.09. The van der Waals surface area contributed by atoms with Crippen molar-refractivity contribution in [3.8, 4) is 0 Å². The molecule has 0 bridgehead atoms. The molecule has 1 aliphatic rings. The van der Waals surface area contributed by atoms with E-state index in [4.69, 9.17) is 4.74 Å². The van der Waals surface area contributed by atoms with Crippen LogP contribution in [-0.2, 0) is 11.3 Å². The molecule has 2 rings (SSSR count). The molecule has 2 heterocycles. The molecule has 4 nitrogen and oxygen atoms in total. The van der Waals surface area contributed by atoms with E-state index in [1.807, 2.05) is 6.07 Å². The standard InChI is InChI=1S/C15H26N2O2S/c1-2-5-16-6-8-17(9-7-16)11-14(18)12-19-13-15-4-3-10-20-15/h3-4,10,14,18H,2,5-9,11-13H2,1H3/p+2/t14-/m0/s1. The molecule has 1 atom stereocenters. The number of aliphatic hydroxyl groups excluding tert-OH is 1. The minimum atomic E-state index is -0.335. The second kappa shape index (κ2) is 8.74. The van der Waals surface area contributed by atoms with Gasteiger partial charge in [0.25, 0.3) is 0 Å². The van der Waals surface area contributed by atoms with Crippen LogP contribution in [0.15, 0.2) is 17.5 Å². The minimum Gasteiger partial charge on any atom is -0.385 e. The Labute approximate surface area is 126 Å². The van der Waals surface area contributed by atoms with Gasteiger partial charge in [-0.05, 0) is 17.9 Å². The van der Waals surface area contributed by atoms with Crippen molar-refractivity contribution in [1.82, 2.24) is 0 Å². The van der Waals surface area contributed by atoms with Gasteiger partial charge in [0, 0.05) is 4.88 Å². The van der Waals surface area contributed by atoms with Crippen molar-refractivity contribution in [2.24, 2.45) is 0 Å². The lowest BCUT2D eigenvalue weighted by molar-refractivity contribution is -1.01. The lowest BCUT2D eigenvalue weighted by atomic mass is 10.2. The number of rotatable bonds is 8. The number of ether oxygens (including phenoxy) is 1. The maximum absolute atomic E-state index is 10.1. The minimum absolute atomic E-state index is 0.335. The second-order valence-corrected chi connectivity index (χ2v) is 6.73. The van der Waals surface area contributed by atoms with Crippen molar-refractivity contribution >= 4 is 11.3 Å². The van der Waals surface area contributed by atoms with Crippen molar-refractivity contribution in [3.05, 3.63) is 22.4 Å². The highest BCUT2D eigenvalue weighted by atomic mass is 32.1. The smallest absolute Gasteiger partial charge is 0.127 e. The normalized spacial score (nSPS) is 24.7. The SMILES string of the molecule is CCC[NH+]1CC[NH+](C[C@H](O)COCc2cccs2)CC1. The molecule has 0 aliphatic carbocycles. The van der Waals surface area contributed by atoms with E-state index in [0.29, 0.717) is 13.2 Å². The second-order valence-electron chi connectivity index (χ2n) is 5.70. The first-order valence-electron chi connectivity index (χ1n) is 7.73. The first-order chi connectivity index (χ1) is 9.78. The van der Waals surface area contributed by atoms with Crippen molar-refractivity contribution < 1.29 is 19.6 Å². The van der Waals surface area contributed by atoms with Gasteiger partial charge in [0.2, 0.25) is 0 Å². The van der Waals surface area contributed by atoms with E-state index in [9.17, 15) is 5.11 Å². The Morgan fingerprint density at radius 1 is 1.30 bits per heavy atom. The highest BCUT2D eigenvalue weighted by Crippen LogP contribution is 2.09. The Kier molecular flexibility index (Phi) is 6.96. The van der Waals surface area contributed by atoms with Gasteiger partial charge in [-0.3, -0.25) is 0 Å². The summed E-state index contributed by atoms with van der Waals surface area (Å²) in [4.78, 5) is 4.47. The van der Waals surface area contributed by atoms with Crippen LogP contribution in [0, 0.1) is 0 Å². The third-order valence-electron chi connectivity index (χ3n) is 3.93. The van der Waals surface area contributed by atoms with Crippen LogP contribution in [0.3, 0.4) is 0 Å². The van der Waals surface area contributed by atoms with Gasteiger partial charge in [-0.25, -0.2) is 0 Å². The van der Waals surface area contributed by atoms with Crippen molar-refractivity contribution in [3.63, 3.8) is 0 Å². The van der Waals surface area contributed by atoms with Crippen LogP contribution in [0.25, 0.3) is 0 Å². The van der Waals surface area contributed by atoms with E-state index in [1.54, 1.807) is 16.2 Å². The molecule has 3 N–H and O–H groups in total. The largest absolute Gasteiger partial charge is 0.385 e. The number of thiophene rings is 1. The lowest BCUT2D eigenvalue weighted by Gasteiger charge is -2.30. The fourth-order valence-electron chi connectivity index (χ4n) is 2.85. The molecule has 0 spiro atoms. The molecule has 0 aromatic carbocycles. The van der Waals surface area contributed by atoms with Crippen LogP contribution < -0.4 is 9.80 Å². The Hall–Kier alpha value is -0.460. The molecule has 1 saturated heterocycles. The third-order valence-corrected chi connectivity index (χ3v) is 4.78. The Morgan fingerprint density at radius 3 is 2.70 bits per heavy atom. The molecule has 20 heavy (non-hydrogen) atoms. The summed E-state index contributed by atoms with van der Waals surface area (Å²) in [5.74, 6) is 0. The van der Waals surface area contributed by atoms with Gasteiger partial charge in [0.1, 0.15) is 38.8 Å². The molecule has 0 amide bonds. The predicted octanol–water partition coefficient (Wildman–Crippen LogP) is -1.18. The van der Waals surface area contributed by atoms with E-state index in [1.165, 1.54) is 48.9 Å². The zero-order chi connectivity index (χ0) is 14.2. The fourth-order valence-corrected chi connectivity index (χ4v) is 3.49. The Bertz CT molecular complexity index is 351. The van der Waals surface area contributed by atoms with E-state index in [-0.39, 0.29) is 6.10 Å². The molecule has 5 heteroatoms. The van der Waals surface area contributed by atoms with Crippen LogP contribution >= 0.6 is 11.3 Å². The van der Waals surface area contributed by atoms with Crippen LogP contribution in [-0.4, -0.2) is 57.1 Å². The van der Waals surface area contributed by atoms with Crippen molar-refractivity contribution in [2.45, 2.75) is 26.1 Å². The highest BCUT2D eigenvalue weighted by Gasteiger charge is 2.24. The van der Waals surface area contributed by atoms with Gasteiger partial charge < -0.3 is 19.6 Å². The van der Waals surface area contributed by atoms with Crippen LogP contribution in [0.5, 0.6) is 0 Å². The zero-order valence-electron chi connectivity index (χ0n) is 12.4. The van der Waals surface area contributed by atoms with Crippen LogP contribution in [0.1, 0.15) is 18.2 Å². The summed E-state index contributed by atoms with van der Waals surface area (Å²) in [6.07, 6.45) is 0.932. The molecule has 1 aromatic rings. The number of piperazine rings is 1. The van der Waals surface area contributed by atoms with Gasteiger partial charge in [-0.2, -0.15) is 0 Å². The molecule has 0 radical (unpaired) electrons. The lowest BCUT2D eigenvalue weighted by Crippen LogP contribution is -3.28. The average molecular weight is 300 g/mol. The molecule has 1 fully saturated rings. The molecular formula is C15H28N2O2S+2. The molecule has 114 valence electrons. The first kappa shape index (κ1) is 15.9. The van der Waals surface area contributed by atoms with E-state index in [0.717, 1.165) is 6.54 Å². The Balaban J connectivity index is 1.57. The summed E-state index contributed by atoms with van der Waals surface area (Å²) in [6.45, 7) is 10.3. The predicted molar refractivity (Wildman–Crippen MR) is 81.4 cm³/mol. The molecule has 0 unspecified atom stereocenters. The van der Waals surface area contributed by atoms with Gasteiger partial charge in [-0.1, -0.05) is 13.0 Å². The van der Waals surface area contributed by atoms with Crippen molar-refractivity contribution in [2.75, 3.05) is 45.9 Å². The Morgan fingerprint density at radius 2 is 2.05 bits per heavy atom. The first-order valence-corrected chi connectivity index (χ1v) is 8.61. The molecule has 1 aromatic heterocycles. The summed E-state index contributed by atoms with van der Waals surface area (Å²) >= 11 is 1.70. The summed E-state index contributed by atoms with van der Waals surface area (Å²) < 4.78 is 5.58. The summed E-state index contributed by atoms with van der Waals surface area (Å²) in [5, 5.41) is 12.1. The maximum atomic E-state index is 10.1. The molecule has 1 aliphatic heterocycles. The molecular weight excluding hydrogens is 272 g/mol. The number of quaternary nitrogens is 2. The third kappa shape index (κ3) is 5.50. The van der Waals surface area contributed by atoms with E-state index < -0.39 is 0 Å². The van der Waals surface area contributed by atoms with Gasteiger partial charge in [0.15, 0.2) is 0 Å². The fraction of sp³-hybridized carbons (Fsp3) is 0.733. The van der Waals surface area contributed by atoms with Crippen LogP contribution in [0.4, 0.5) is 0 Å². The average Bonchev–Trinajstić information content (AvgIpc) is 2.94. The number of aliphatic hydroxyl groups is 1. The molecule has 0 saturated carbocycles. The quantitative estimate of drug-likeness (QED) is 0.565. The van der Waals surface area contributed by atoms with Gasteiger partial charge >= 0.3 is 0 Å². The van der Waals surface area contributed by atoms with E-state index >= 15 is 0 Å². The monoisotopic (exact) mass is 300 g/mol. The zero-order valence-corrected chi connectivity index (χ0v) is 13.3. The number of nitrogens with one attached hydrogen (secondary N) is 2.